The number of rotatable bonds is 4. The van der Waals surface area contributed by atoms with Crippen LogP contribution < -0.4 is 0 Å². The summed E-state index contributed by atoms with van der Waals surface area (Å²) in [7, 11) is 0. The van der Waals surface area contributed by atoms with E-state index in [4.69, 9.17) is 19.2 Å². The van der Waals surface area contributed by atoms with Gasteiger partial charge >= 0.3 is 5.97 Å². The first-order valence-electron chi connectivity index (χ1n) is 9.26. The molecule has 6 fully saturated rings. The number of hydrogen-bond acceptors (Lipinski definition) is 5. The zero-order valence-electron chi connectivity index (χ0n) is 14.0. The van der Waals surface area contributed by atoms with Crippen LogP contribution in [0.4, 0.5) is 0 Å². The van der Waals surface area contributed by atoms with Gasteiger partial charge in [-0.1, -0.05) is 15.9 Å². The summed E-state index contributed by atoms with van der Waals surface area (Å²) in [5.41, 5.74) is 0.154. The number of epoxide rings is 1. The average Bonchev–Trinajstić information content (AvgIpc) is 3.24. The van der Waals surface area contributed by atoms with Gasteiger partial charge in [-0.3, -0.25) is 4.79 Å². The minimum Gasteiger partial charge on any atom is -0.463 e. The number of carbonyl (C=O) groups is 1. The average molecular weight is 401 g/mol. The number of halogens is 1. The highest BCUT2D eigenvalue weighted by atomic mass is 79.9. The van der Waals surface area contributed by atoms with Gasteiger partial charge in [0.2, 0.25) is 0 Å². The summed E-state index contributed by atoms with van der Waals surface area (Å²) in [4.78, 5) is 23.0. The van der Waals surface area contributed by atoms with Crippen LogP contribution >= 0.6 is 15.9 Å². The molecule has 6 heteroatoms. The molecule has 2 unspecified atom stereocenters. The molecule has 0 spiro atoms. The molecule has 5 nitrogen and oxygen atoms in total. The molecule has 24 heavy (non-hydrogen) atoms. The second-order valence-electron chi connectivity index (χ2n) is 8.97. The van der Waals surface area contributed by atoms with Crippen molar-refractivity contribution in [2.45, 2.75) is 80.6 Å². The molecule has 6 atom stereocenters. The molecule has 2 heterocycles. The SMILES string of the molecule is C[C@H]1OO[C@@H](COC(=O)CC23CC4CC(CC(Br)(C4)C2)C3)[C@@H]2O[C@@H]21. The van der Waals surface area contributed by atoms with Gasteiger partial charge in [0.05, 0.1) is 6.42 Å². The van der Waals surface area contributed by atoms with E-state index in [1.807, 2.05) is 6.92 Å². The highest BCUT2D eigenvalue weighted by Gasteiger charge is 2.58. The molecule has 4 bridgehead atoms. The van der Waals surface area contributed by atoms with Crippen molar-refractivity contribution in [3.63, 3.8) is 0 Å². The van der Waals surface area contributed by atoms with Gasteiger partial charge in [0, 0.05) is 4.32 Å². The van der Waals surface area contributed by atoms with Gasteiger partial charge in [-0.15, -0.1) is 0 Å². The van der Waals surface area contributed by atoms with Gasteiger partial charge < -0.3 is 9.47 Å². The third kappa shape index (κ3) is 2.74. The van der Waals surface area contributed by atoms with Gasteiger partial charge in [-0.2, -0.15) is 0 Å². The first-order chi connectivity index (χ1) is 11.4. The predicted molar refractivity (Wildman–Crippen MR) is 88.4 cm³/mol. The van der Waals surface area contributed by atoms with E-state index >= 15 is 0 Å². The van der Waals surface area contributed by atoms with Gasteiger partial charge in [-0.25, -0.2) is 9.78 Å². The molecule has 2 saturated heterocycles. The Kier molecular flexibility index (Phi) is 3.62. The topological polar surface area (TPSA) is 57.3 Å². The van der Waals surface area contributed by atoms with Crippen molar-refractivity contribution in [1.29, 1.82) is 0 Å². The lowest BCUT2D eigenvalue weighted by atomic mass is 9.49. The van der Waals surface area contributed by atoms with Crippen molar-refractivity contribution < 1.29 is 24.0 Å². The molecule has 0 amide bonds. The van der Waals surface area contributed by atoms with E-state index in [9.17, 15) is 4.79 Å². The molecular formula is C18H25BrO5. The minimum atomic E-state index is -0.283. The van der Waals surface area contributed by atoms with Crippen LogP contribution in [0.5, 0.6) is 0 Å². The van der Waals surface area contributed by atoms with Gasteiger partial charge in [0.25, 0.3) is 0 Å². The Hall–Kier alpha value is -0.170. The molecule has 0 aromatic heterocycles. The summed E-state index contributed by atoms with van der Waals surface area (Å²) >= 11 is 4.00. The Bertz CT molecular complexity index is 538. The number of carbonyl (C=O) groups excluding carboxylic acids is 1. The number of hydrogen-bond donors (Lipinski definition) is 0. The minimum absolute atomic E-state index is 0.0203. The quantitative estimate of drug-likeness (QED) is 0.314. The van der Waals surface area contributed by atoms with Gasteiger partial charge in [-0.05, 0) is 62.7 Å². The molecule has 0 aromatic rings. The van der Waals surface area contributed by atoms with E-state index in [0.717, 1.165) is 18.3 Å². The third-order valence-electron chi connectivity index (χ3n) is 6.76. The zero-order chi connectivity index (χ0) is 16.5. The van der Waals surface area contributed by atoms with Crippen molar-refractivity contribution in [3.8, 4) is 0 Å². The summed E-state index contributed by atoms with van der Waals surface area (Å²) in [5, 5.41) is 0. The highest BCUT2D eigenvalue weighted by molar-refractivity contribution is 9.10. The van der Waals surface area contributed by atoms with Crippen LogP contribution in [-0.4, -0.2) is 41.3 Å². The molecular weight excluding hydrogens is 376 g/mol. The fraction of sp³-hybridized carbons (Fsp3) is 0.944. The van der Waals surface area contributed by atoms with E-state index < -0.39 is 0 Å². The summed E-state index contributed by atoms with van der Waals surface area (Å²) < 4.78 is 11.4. The van der Waals surface area contributed by atoms with E-state index in [1.165, 1.54) is 32.1 Å². The summed E-state index contributed by atoms with van der Waals surface area (Å²) in [6, 6.07) is 0. The zero-order valence-corrected chi connectivity index (χ0v) is 15.6. The first kappa shape index (κ1) is 16.0. The normalized spacial score (nSPS) is 54.4. The van der Waals surface area contributed by atoms with E-state index in [2.05, 4.69) is 15.9 Å². The van der Waals surface area contributed by atoms with Crippen LogP contribution in [0.25, 0.3) is 0 Å². The summed E-state index contributed by atoms with van der Waals surface area (Å²) in [6.07, 6.45) is 7.78. The summed E-state index contributed by atoms with van der Waals surface area (Å²) in [5.74, 6) is 1.48. The lowest BCUT2D eigenvalue weighted by Crippen LogP contribution is -2.53. The maximum absolute atomic E-state index is 12.5. The predicted octanol–water partition coefficient (Wildman–Crippen LogP) is 3.14. The number of ether oxygens (including phenoxy) is 2. The Morgan fingerprint density at radius 2 is 1.92 bits per heavy atom. The van der Waals surface area contributed by atoms with Crippen molar-refractivity contribution in [1.82, 2.24) is 0 Å². The molecule has 0 radical (unpaired) electrons. The van der Waals surface area contributed by atoms with Gasteiger partial charge in [0.15, 0.2) is 6.10 Å². The van der Waals surface area contributed by atoms with Crippen LogP contribution in [0, 0.1) is 17.3 Å². The van der Waals surface area contributed by atoms with E-state index in [-0.39, 0.29) is 46.7 Å². The Balaban J connectivity index is 1.17. The molecule has 0 N–H and O–H groups in total. The Morgan fingerprint density at radius 3 is 2.62 bits per heavy atom. The number of fused-ring (bicyclic) bond motifs is 1. The molecule has 2 aliphatic heterocycles. The van der Waals surface area contributed by atoms with Crippen LogP contribution in [0.3, 0.4) is 0 Å². The van der Waals surface area contributed by atoms with Crippen LogP contribution in [-0.2, 0) is 24.0 Å². The van der Waals surface area contributed by atoms with E-state index in [0.29, 0.717) is 6.42 Å². The van der Waals surface area contributed by atoms with Crippen molar-refractivity contribution in [2.75, 3.05) is 6.61 Å². The molecule has 4 aliphatic carbocycles. The lowest BCUT2D eigenvalue weighted by molar-refractivity contribution is -0.364. The molecule has 4 saturated carbocycles. The van der Waals surface area contributed by atoms with Crippen molar-refractivity contribution in [2.24, 2.45) is 17.3 Å². The summed E-state index contributed by atoms with van der Waals surface area (Å²) in [6.45, 7) is 2.16. The van der Waals surface area contributed by atoms with E-state index in [1.54, 1.807) is 0 Å². The second kappa shape index (κ2) is 5.41. The number of alkyl halides is 1. The maximum atomic E-state index is 12.5. The van der Waals surface area contributed by atoms with Crippen molar-refractivity contribution >= 4 is 21.9 Å². The smallest absolute Gasteiger partial charge is 0.306 e. The number of esters is 1. The third-order valence-corrected chi connectivity index (χ3v) is 7.69. The Morgan fingerprint density at radius 1 is 1.17 bits per heavy atom. The van der Waals surface area contributed by atoms with Crippen LogP contribution in [0.1, 0.15) is 51.9 Å². The Labute approximate surface area is 150 Å². The molecule has 134 valence electrons. The van der Waals surface area contributed by atoms with Crippen LogP contribution in [0.2, 0.25) is 0 Å². The molecule has 6 rings (SSSR count). The lowest BCUT2D eigenvalue weighted by Gasteiger charge is -2.60. The fourth-order valence-electron chi connectivity index (χ4n) is 6.28. The maximum Gasteiger partial charge on any atom is 0.306 e. The van der Waals surface area contributed by atoms with Gasteiger partial charge in [0.1, 0.15) is 24.9 Å². The molecule has 0 aromatic carbocycles. The second-order valence-corrected chi connectivity index (χ2v) is 10.7. The highest BCUT2D eigenvalue weighted by Crippen LogP contribution is 2.65. The largest absolute Gasteiger partial charge is 0.463 e. The first-order valence-corrected chi connectivity index (χ1v) is 10.1. The van der Waals surface area contributed by atoms with Crippen molar-refractivity contribution in [3.05, 3.63) is 0 Å². The molecule has 6 aliphatic rings. The van der Waals surface area contributed by atoms with Crippen LogP contribution in [0.15, 0.2) is 0 Å². The fourth-order valence-corrected chi connectivity index (χ4v) is 7.79. The monoisotopic (exact) mass is 400 g/mol. The standard InChI is InChI=1S/C18H25BrO5/c1-10-15-16(22-15)13(24-23-10)8-21-14(20)7-17-3-11-2-12(4-17)6-18(19,5-11)9-17/h10-13,15-16H,2-9H2,1H3/t10-,11?,12?,13+,15-,16+,17?,18?/m1/s1.